The largest absolute Gasteiger partial charge is 0.350 e. The van der Waals surface area contributed by atoms with Crippen LogP contribution in [-0.2, 0) is 0 Å². The van der Waals surface area contributed by atoms with Crippen LogP contribution < -0.4 is 10.6 Å². The first-order valence-electron chi connectivity index (χ1n) is 6.85. The molecule has 1 aliphatic heterocycles. The Bertz CT molecular complexity index is 510. The highest BCUT2D eigenvalue weighted by molar-refractivity contribution is 5.99. The van der Waals surface area contributed by atoms with Gasteiger partial charge in [0.15, 0.2) is 0 Å². The number of hydrogen-bond donors (Lipinski definition) is 2. The number of nitro groups is 1. The maximum atomic E-state index is 12.2. The first kappa shape index (κ1) is 14.5. The van der Waals surface area contributed by atoms with Gasteiger partial charge in [0.05, 0.1) is 4.92 Å². The average Bonchev–Trinajstić information content (AvgIpc) is 2.45. The van der Waals surface area contributed by atoms with Gasteiger partial charge in [-0.15, -0.1) is 0 Å². The number of nitrogens with one attached hydrogen (secondary N) is 2. The summed E-state index contributed by atoms with van der Waals surface area (Å²) < 4.78 is 0. The zero-order valence-electron chi connectivity index (χ0n) is 11.5. The summed E-state index contributed by atoms with van der Waals surface area (Å²) in [5, 5.41) is 17.1. The summed E-state index contributed by atoms with van der Waals surface area (Å²) in [6, 6.07) is 4.92. The van der Waals surface area contributed by atoms with Gasteiger partial charge < -0.3 is 10.6 Å². The zero-order chi connectivity index (χ0) is 14.5. The van der Waals surface area contributed by atoms with Crippen LogP contribution in [-0.4, -0.2) is 30.0 Å². The van der Waals surface area contributed by atoms with Crippen LogP contribution in [0, 0.1) is 17.0 Å². The van der Waals surface area contributed by atoms with E-state index in [1.54, 1.807) is 19.1 Å². The van der Waals surface area contributed by atoms with Crippen LogP contribution >= 0.6 is 0 Å². The van der Waals surface area contributed by atoms with E-state index in [1.165, 1.54) is 6.07 Å². The molecule has 0 aliphatic carbocycles. The Morgan fingerprint density at radius 1 is 1.50 bits per heavy atom. The van der Waals surface area contributed by atoms with Crippen molar-refractivity contribution in [3.63, 3.8) is 0 Å². The topological polar surface area (TPSA) is 84.3 Å². The number of carbonyl (C=O) groups excluding carboxylic acids is 1. The Morgan fingerprint density at radius 2 is 2.30 bits per heavy atom. The van der Waals surface area contributed by atoms with Gasteiger partial charge in [0.1, 0.15) is 5.56 Å². The fraction of sp³-hybridized carbons (Fsp3) is 0.500. The van der Waals surface area contributed by atoms with Crippen LogP contribution in [0.2, 0.25) is 0 Å². The Labute approximate surface area is 117 Å². The van der Waals surface area contributed by atoms with Gasteiger partial charge in [-0.05, 0) is 31.9 Å². The van der Waals surface area contributed by atoms with Gasteiger partial charge in [-0.1, -0.05) is 18.6 Å². The highest BCUT2D eigenvalue weighted by Crippen LogP contribution is 2.21. The van der Waals surface area contributed by atoms with Gasteiger partial charge >= 0.3 is 0 Å². The van der Waals surface area contributed by atoms with Crippen molar-refractivity contribution in [2.75, 3.05) is 13.1 Å². The van der Waals surface area contributed by atoms with Crippen LogP contribution in [0.4, 0.5) is 5.69 Å². The van der Waals surface area contributed by atoms with Gasteiger partial charge in [-0.2, -0.15) is 0 Å². The first-order chi connectivity index (χ1) is 9.59. The summed E-state index contributed by atoms with van der Waals surface area (Å²) >= 11 is 0. The number of benzene rings is 1. The smallest absolute Gasteiger partial charge is 0.282 e. The molecule has 0 spiro atoms. The molecular formula is C14H19N3O3. The molecule has 1 saturated heterocycles. The molecule has 2 rings (SSSR count). The summed E-state index contributed by atoms with van der Waals surface area (Å²) in [4.78, 5) is 22.7. The van der Waals surface area contributed by atoms with E-state index in [0.717, 1.165) is 25.8 Å². The summed E-state index contributed by atoms with van der Waals surface area (Å²) in [6.45, 7) is 3.18. The molecule has 1 heterocycles. The number of rotatable bonds is 4. The van der Waals surface area contributed by atoms with Gasteiger partial charge in [-0.3, -0.25) is 14.9 Å². The normalized spacial score (nSPS) is 18.6. The maximum absolute atomic E-state index is 12.2. The van der Waals surface area contributed by atoms with Crippen molar-refractivity contribution in [1.82, 2.24) is 10.6 Å². The van der Waals surface area contributed by atoms with Gasteiger partial charge in [0, 0.05) is 18.7 Å². The van der Waals surface area contributed by atoms with Crippen molar-refractivity contribution >= 4 is 11.6 Å². The third-order valence-electron chi connectivity index (χ3n) is 3.60. The number of amides is 1. The molecule has 0 radical (unpaired) electrons. The summed E-state index contributed by atoms with van der Waals surface area (Å²) in [5.74, 6) is -0.373. The predicted octanol–water partition coefficient (Wildman–Crippen LogP) is 1.78. The zero-order valence-corrected chi connectivity index (χ0v) is 11.5. The molecule has 1 amide bonds. The predicted molar refractivity (Wildman–Crippen MR) is 75.8 cm³/mol. The van der Waals surface area contributed by atoms with E-state index in [2.05, 4.69) is 10.6 Å². The lowest BCUT2D eigenvalue weighted by Crippen LogP contribution is -2.43. The minimum absolute atomic E-state index is 0.140. The van der Waals surface area contributed by atoms with Gasteiger partial charge in [0.2, 0.25) is 0 Å². The molecule has 2 N–H and O–H groups in total. The lowest BCUT2D eigenvalue weighted by Gasteiger charge is -2.23. The van der Waals surface area contributed by atoms with Crippen molar-refractivity contribution in [3.8, 4) is 0 Å². The van der Waals surface area contributed by atoms with Crippen molar-refractivity contribution in [2.24, 2.45) is 0 Å². The molecule has 0 aromatic heterocycles. The van der Waals surface area contributed by atoms with Crippen LogP contribution in [0.15, 0.2) is 18.2 Å². The lowest BCUT2D eigenvalue weighted by atomic mass is 10.0. The van der Waals surface area contributed by atoms with Gasteiger partial charge in [-0.25, -0.2) is 0 Å². The Morgan fingerprint density at radius 3 is 2.95 bits per heavy atom. The highest BCUT2D eigenvalue weighted by atomic mass is 16.6. The highest BCUT2D eigenvalue weighted by Gasteiger charge is 2.23. The minimum atomic E-state index is -0.513. The molecule has 1 fully saturated rings. The first-order valence-corrected chi connectivity index (χ1v) is 6.85. The maximum Gasteiger partial charge on any atom is 0.282 e. The molecule has 108 valence electrons. The molecule has 1 atom stereocenters. The Balaban J connectivity index is 2.06. The summed E-state index contributed by atoms with van der Waals surface area (Å²) in [6.07, 6.45) is 3.34. The molecule has 0 saturated carbocycles. The minimum Gasteiger partial charge on any atom is -0.350 e. The van der Waals surface area contributed by atoms with Crippen molar-refractivity contribution in [1.29, 1.82) is 0 Å². The molecule has 1 aromatic carbocycles. The molecule has 6 heteroatoms. The molecular weight excluding hydrogens is 258 g/mol. The summed E-state index contributed by atoms with van der Waals surface area (Å²) in [7, 11) is 0. The third-order valence-corrected chi connectivity index (χ3v) is 3.60. The Hall–Kier alpha value is -1.95. The van der Waals surface area contributed by atoms with Crippen LogP contribution in [0.25, 0.3) is 0 Å². The van der Waals surface area contributed by atoms with Crippen molar-refractivity contribution in [3.05, 3.63) is 39.4 Å². The lowest BCUT2D eigenvalue weighted by molar-refractivity contribution is -0.385. The summed E-state index contributed by atoms with van der Waals surface area (Å²) in [5.41, 5.74) is 0.640. The quantitative estimate of drug-likeness (QED) is 0.649. The number of hydrogen-bond acceptors (Lipinski definition) is 4. The fourth-order valence-electron chi connectivity index (χ4n) is 2.50. The number of nitro benzene ring substituents is 1. The van der Waals surface area contributed by atoms with E-state index in [-0.39, 0.29) is 23.2 Å². The number of piperidine rings is 1. The monoisotopic (exact) mass is 277 g/mol. The molecule has 0 bridgehead atoms. The fourth-order valence-corrected chi connectivity index (χ4v) is 2.50. The van der Waals surface area contributed by atoms with Crippen molar-refractivity contribution < 1.29 is 9.72 Å². The number of nitrogens with zero attached hydrogens (tertiary/aromatic N) is 1. The van der Waals surface area contributed by atoms with E-state index in [4.69, 9.17) is 0 Å². The second-order valence-corrected chi connectivity index (χ2v) is 5.08. The van der Waals surface area contributed by atoms with E-state index in [1.807, 2.05) is 0 Å². The third kappa shape index (κ3) is 3.33. The molecule has 1 aliphatic rings. The SMILES string of the molecule is Cc1cccc([N+](=O)[O-])c1C(=O)NCC1CCCCN1. The second-order valence-electron chi connectivity index (χ2n) is 5.08. The molecule has 1 aromatic rings. The van der Waals surface area contributed by atoms with Crippen LogP contribution in [0.1, 0.15) is 35.2 Å². The molecule has 20 heavy (non-hydrogen) atoms. The molecule has 6 nitrogen and oxygen atoms in total. The van der Waals surface area contributed by atoms with Crippen molar-refractivity contribution in [2.45, 2.75) is 32.2 Å². The van der Waals surface area contributed by atoms with E-state index in [0.29, 0.717) is 12.1 Å². The average molecular weight is 277 g/mol. The van der Waals surface area contributed by atoms with Gasteiger partial charge in [0.25, 0.3) is 11.6 Å². The second kappa shape index (κ2) is 6.47. The number of carbonyl (C=O) groups is 1. The Kier molecular flexibility index (Phi) is 4.68. The van der Waals surface area contributed by atoms with Crippen LogP contribution in [0.5, 0.6) is 0 Å². The van der Waals surface area contributed by atoms with E-state index in [9.17, 15) is 14.9 Å². The van der Waals surface area contributed by atoms with E-state index < -0.39 is 4.92 Å². The van der Waals surface area contributed by atoms with E-state index >= 15 is 0 Å². The standard InChI is InChI=1S/C14H19N3O3/c1-10-5-4-7-12(17(19)20)13(10)14(18)16-9-11-6-2-3-8-15-11/h4-5,7,11,15H,2-3,6,8-9H2,1H3,(H,16,18). The van der Waals surface area contributed by atoms with Crippen LogP contribution in [0.3, 0.4) is 0 Å². The molecule has 1 unspecified atom stereocenters. The number of aryl methyl sites for hydroxylation is 1.